The Bertz CT molecular complexity index is 656. The van der Waals surface area contributed by atoms with Crippen LogP contribution >= 0.6 is 0 Å². The van der Waals surface area contributed by atoms with Crippen LogP contribution in [0.25, 0.3) is 11.1 Å². The van der Waals surface area contributed by atoms with E-state index in [1.807, 2.05) is 19.1 Å². The Hall–Kier alpha value is -2.47. The van der Waals surface area contributed by atoms with Crippen LogP contribution in [0.4, 0.5) is 4.39 Å². The average molecular weight is 239 g/mol. The van der Waals surface area contributed by atoms with Crippen LogP contribution in [0.5, 0.6) is 0 Å². The fourth-order valence-corrected chi connectivity index (χ4v) is 1.83. The molecule has 0 aromatic heterocycles. The molecule has 88 valence electrons. The SMILES string of the molecule is Cc1ccc(C=O)c(-c2cc(F)cc(C#N)c2)c1. The van der Waals surface area contributed by atoms with Crippen LogP contribution in [-0.4, -0.2) is 6.29 Å². The van der Waals surface area contributed by atoms with E-state index < -0.39 is 5.82 Å². The van der Waals surface area contributed by atoms with E-state index in [1.165, 1.54) is 12.1 Å². The molecule has 2 aromatic rings. The molecular weight excluding hydrogens is 229 g/mol. The maximum atomic E-state index is 13.4. The number of nitrogens with zero attached hydrogens (tertiary/aromatic N) is 1. The molecule has 2 rings (SSSR count). The van der Waals surface area contributed by atoms with Crippen molar-refractivity contribution in [2.45, 2.75) is 6.92 Å². The van der Waals surface area contributed by atoms with Crippen LogP contribution in [0, 0.1) is 24.1 Å². The second-order valence-electron chi connectivity index (χ2n) is 4.05. The zero-order valence-corrected chi connectivity index (χ0v) is 9.77. The van der Waals surface area contributed by atoms with Crippen molar-refractivity contribution in [3.05, 3.63) is 58.9 Å². The van der Waals surface area contributed by atoms with E-state index in [1.54, 1.807) is 18.2 Å². The van der Waals surface area contributed by atoms with E-state index in [0.717, 1.165) is 11.8 Å². The Morgan fingerprint density at radius 3 is 2.67 bits per heavy atom. The van der Waals surface area contributed by atoms with Gasteiger partial charge in [-0.15, -0.1) is 0 Å². The summed E-state index contributed by atoms with van der Waals surface area (Å²) in [7, 11) is 0. The molecule has 0 fully saturated rings. The van der Waals surface area contributed by atoms with E-state index in [4.69, 9.17) is 5.26 Å². The minimum Gasteiger partial charge on any atom is -0.298 e. The third-order valence-electron chi connectivity index (χ3n) is 2.67. The Morgan fingerprint density at radius 1 is 1.22 bits per heavy atom. The van der Waals surface area contributed by atoms with Crippen LogP contribution in [0.1, 0.15) is 21.5 Å². The van der Waals surface area contributed by atoms with Gasteiger partial charge in [-0.1, -0.05) is 23.8 Å². The van der Waals surface area contributed by atoms with Gasteiger partial charge in [0.2, 0.25) is 0 Å². The molecule has 0 aliphatic carbocycles. The van der Waals surface area contributed by atoms with E-state index in [0.29, 0.717) is 16.7 Å². The summed E-state index contributed by atoms with van der Waals surface area (Å²) in [6.07, 6.45) is 0.728. The summed E-state index contributed by atoms with van der Waals surface area (Å²) in [4.78, 5) is 11.0. The van der Waals surface area contributed by atoms with Crippen molar-refractivity contribution in [3.8, 4) is 17.2 Å². The first-order valence-corrected chi connectivity index (χ1v) is 5.41. The molecule has 0 bridgehead atoms. The van der Waals surface area contributed by atoms with Gasteiger partial charge in [0.05, 0.1) is 11.6 Å². The lowest BCUT2D eigenvalue weighted by Crippen LogP contribution is -1.91. The van der Waals surface area contributed by atoms with E-state index in [9.17, 15) is 9.18 Å². The molecule has 0 N–H and O–H groups in total. The number of hydrogen-bond acceptors (Lipinski definition) is 2. The zero-order chi connectivity index (χ0) is 13.1. The van der Waals surface area contributed by atoms with Gasteiger partial charge in [0, 0.05) is 5.56 Å². The minimum atomic E-state index is -0.484. The van der Waals surface area contributed by atoms with Gasteiger partial charge < -0.3 is 0 Å². The number of nitriles is 1. The number of benzene rings is 2. The Balaban J connectivity index is 2.68. The van der Waals surface area contributed by atoms with Crippen LogP contribution in [0.2, 0.25) is 0 Å². The average Bonchev–Trinajstić information content (AvgIpc) is 2.38. The van der Waals surface area contributed by atoms with Gasteiger partial charge in [-0.05, 0) is 36.2 Å². The van der Waals surface area contributed by atoms with Gasteiger partial charge in [0.1, 0.15) is 5.82 Å². The van der Waals surface area contributed by atoms with Crippen molar-refractivity contribution in [1.29, 1.82) is 5.26 Å². The highest BCUT2D eigenvalue weighted by atomic mass is 19.1. The standard InChI is InChI=1S/C15H10FNO/c1-10-2-3-12(9-18)15(4-10)13-5-11(8-17)6-14(16)7-13/h2-7,9H,1H3. The van der Waals surface area contributed by atoms with Gasteiger partial charge in [0.15, 0.2) is 6.29 Å². The fraction of sp³-hybridized carbons (Fsp3) is 0.0667. The van der Waals surface area contributed by atoms with Crippen molar-refractivity contribution in [3.63, 3.8) is 0 Å². The van der Waals surface area contributed by atoms with Crippen molar-refractivity contribution < 1.29 is 9.18 Å². The Labute approximate surface area is 104 Å². The number of halogens is 1. The molecule has 0 saturated heterocycles. The third-order valence-corrected chi connectivity index (χ3v) is 2.67. The van der Waals surface area contributed by atoms with Crippen molar-refractivity contribution >= 4 is 6.29 Å². The molecule has 0 amide bonds. The number of aryl methyl sites for hydroxylation is 1. The summed E-state index contributed by atoms with van der Waals surface area (Å²) in [5.74, 6) is -0.484. The molecular formula is C15H10FNO. The fourth-order valence-electron chi connectivity index (χ4n) is 1.83. The molecule has 0 saturated carbocycles. The van der Waals surface area contributed by atoms with Gasteiger partial charge in [-0.25, -0.2) is 4.39 Å². The van der Waals surface area contributed by atoms with Gasteiger partial charge in [0.25, 0.3) is 0 Å². The molecule has 0 spiro atoms. The lowest BCUT2D eigenvalue weighted by molar-refractivity contribution is 0.112. The van der Waals surface area contributed by atoms with Crippen molar-refractivity contribution in [2.24, 2.45) is 0 Å². The predicted octanol–water partition coefficient (Wildman–Crippen LogP) is 3.49. The van der Waals surface area contributed by atoms with Crippen molar-refractivity contribution in [2.75, 3.05) is 0 Å². The van der Waals surface area contributed by atoms with Crippen LogP contribution < -0.4 is 0 Å². The number of carbonyl (C=O) groups excluding carboxylic acids is 1. The lowest BCUT2D eigenvalue weighted by atomic mass is 9.97. The molecule has 2 nitrogen and oxygen atoms in total. The Kier molecular flexibility index (Phi) is 3.20. The largest absolute Gasteiger partial charge is 0.298 e. The summed E-state index contributed by atoms with van der Waals surface area (Å²) in [6, 6.07) is 11.3. The van der Waals surface area contributed by atoms with Crippen molar-refractivity contribution in [1.82, 2.24) is 0 Å². The summed E-state index contributed by atoms with van der Waals surface area (Å²) in [6.45, 7) is 1.89. The normalized spacial score (nSPS) is 9.83. The second kappa shape index (κ2) is 4.80. The maximum absolute atomic E-state index is 13.4. The number of hydrogen-bond donors (Lipinski definition) is 0. The maximum Gasteiger partial charge on any atom is 0.150 e. The molecule has 0 aliphatic rings. The monoisotopic (exact) mass is 239 g/mol. The van der Waals surface area contributed by atoms with Gasteiger partial charge in [-0.3, -0.25) is 4.79 Å². The zero-order valence-electron chi connectivity index (χ0n) is 9.77. The first kappa shape index (κ1) is 12.0. The quantitative estimate of drug-likeness (QED) is 0.753. The molecule has 3 heteroatoms. The molecule has 0 atom stereocenters. The predicted molar refractivity (Wildman–Crippen MR) is 66.7 cm³/mol. The Morgan fingerprint density at radius 2 is 2.00 bits per heavy atom. The van der Waals surface area contributed by atoms with Crippen LogP contribution in [-0.2, 0) is 0 Å². The highest BCUT2D eigenvalue weighted by molar-refractivity contribution is 5.88. The van der Waals surface area contributed by atoms with Crippen LogP contribution in [0.3, 0.4) is 0 Å². The summed E-state index contributed by atoms with van der Waals surface area (Å²) < 4.78 is 13.4. The van der Waals surface area contributed by atoms with Crippen LogP contribution in [0.15, 0.2) is 36.4 Å². The highest BCUT2D eigenvalue weighted by Crippen LogP contribution is 2.26. The summed E-state index contributed by atoms with van der Waals surface area (Å²) in [5.41, 5.74) is 2.87. The highest BCUT2D eigenvalue weighted by Gasteiger charge is 2.08. The molecule has 18 heavy (non-hydrogen) atoms. The smallest absolute Gasteiger partial charge is 0.150 e. The molecule has 0 heterocycles. The minimum absolute atomic E-state index is 0.239. The first-order chi connectivity index (χ1) is 8.63. The van der Waals surface area contributed by atoms with Gasteiger partial charge in [-0.2, -0.15) is 5.26 Å². The number of rotatable bonds is 2. The molecule has 0 radical (unpaired) electrons. The lowest BCUT2D eigenvalue weighted by Gasteiger charge is -2.07. The number of carbonyl (C=O) groups is 1. The van der Waals surface area contributed by atoms with E-state index in [-0.39, 0.29) is 5.56 Å². The van der Waals surface area contributed by atoms with E-state index in [2.05, 4.69) is 0 Å². The molecule has 0 unspecified atom stereocenters. The molecule has 0 aliphatic heterocycles. The summed E-state index contributed by atoms with van der Waals surface area (Å²) in [5, 5.41) is 8.83. The first-order valence-electron chi connectivity index (χ1n) is 5.41. The third kappa shape index (κ3) is 2.28. The topological polar surface area (TPSA) is 40.9 Å². The second-order valence-corrected chi connectivity index (χ2v) is 4.05. The van der Waals surface area contributed by atoms with E-state index >= 15 is 0 Å². The van der Waals surface area contributed by atoms with Gasteiger partial charge >= 0.3 is 0 Å². The molecule has 2 aromatic carbocycles. The summed E-state index contributed by atoms with van der Waals surface area (Å²) >= 11 is 0. The number of aldehydes is 1.